The van der Waals surface area contributed by atoms with Gasteiger partial charge in [-0.25, -0.2) is 4.79 Å². The second-order valence-electron chi connectivity index (χ2n) is 4.38. The SMILES string of the molecule is CCOC(=O)c1cc(=O)c2cc(-c3ccco3)ccc2o1. The van der Waals surface area contributed by atoms with Crippen LogP contribution in [0.2, 0.25) is 0 Å². The van der Waals surface area contributed by atoms with E-state index in [4.69, 9.17) is 13.6 Å². The lowest BCUT2D eigenvalue weighted by molar-refractivity contribution is 0.0490. The van der Waals surface area contributed by atoms with Crippen molar-refractivity contribution >= 4 is 16.9 Å². The minimum Gasteiger partial charge on any atom is -0.464 e. The average Bonchev–Trinajstić information content (AvgIpc) is 3.01. The Kier molecular flexibility index (Phi) is 3.31. The van der Waals surface area contributed by atoms with Gasteiger partial charge in [-0.2, -0.15) is 0 Å². The standard InChI is InChI=1S/C16H12O5/c1-2-19-16(18)15-9-12(17)11-8-10(5-6-14(11)21-15)13-4-3-7-20-13/h3-9H,2H2,1H3. The average molecular weight is 284 g/mol. The van der Waals surface area contributed by atoms with Crippen molar-refractivity contribution in [1.82, 2.24) is 0 Å². The van der Waals surface area contributed by atoms with Crippen LogP contribution in [0.25, 0.3) is 22.3 Å². The van der Waals surface area contributed by atoms with Crippen molar-refractivity contribution in [3.8, 4) is 11.3 Å². The van der Waals surface area contributed by atoms with Gasteiger partial charge in [0, 0.05) is 11.6 Å². The van der Waals surface area contributed by atoms with E-state index in [1.165, 1.54) is 0 Å². The second kappa shape index (κ2) is 5.28. The number of benzene rings is 1. The highest BCUT2D eigenvalue weighted by Gasteiger charge is 2.14. The van der Waals surface area contributed by atoms with Gasteiger partial charge in [-0.1, -0.05) is 0 Å². The zero-order valence-corrected chi connectivity index (χ0v) is 11.3. The summed E-state index contributed by atoms with van der Waals surface area (Å²) in [5.74, 6) is -0.0857. The molecule has 0 radical (unpaired) electrons. The normalized spacial score (nSPS) is 10.7. The third kappa shape index (κ3) is 2.45. The fourth-order valence-electron chi connectivity index (χ4n) is 2.06. The summed E-state index contributed by atoms with van der Waals surface area (Å²) in [6.45, 7) is 1.91. The largest absolute Gasteiger partial charge is 0.464 e. The van der Waals surface area contributed by atoms with Crippen molar-refractivity contribution in [3.05, 3.63) is 58.6 Å². The lowest BCUT2D eigenvalue weighted by atomic mass is 10.1. The maximum Gasteiger partial charge on any atom is 0.374 e. The minimum atomic E-state index is -0.647. The lowest BCUT2D eigenvalue weighted by Crippen LogP contribution is -2.10. The molecule has 21 heavy (non-hydrogen) atoms. The molecule has 0 aliphatic heterocycles. The molecule has 5 nitrogen and oxygen atoms in total. The zero-order valence-electron chi connectivity index (χ0n) is 11.3. The van der Waals surface area contributed by atoms with E-state index in [2.05, 4.69) is 0 Å². The number of fused-ring (bicyclic) bond motifs is 1. The highest BCUT2D eigenvalue weighted by Crippen LogP contribution is 2.23. The van der Waals surface area contributed by atoms with Gasteiger partial charge < -0.3 is 13.6 Å². The molecule has 0 saturated carbocycles. The van der Waals surface area contributed by atoms with Crippen LogP contribution in [-0.2, 0) is 4.74 Å². The van der Waals surface area contributed by atoms with Crippen LogP contribution < -0.4 is 5.43 Å². The molecule has 0 aliphatic rings. The van der Waals surface area contributed by atoms with Gasteiger partial charge in [-0.3, -0.25) is 4.79 Å². The summed E-state index contributed by atoms with van der Waals surface area (Å²) in [6.07, 6.45) is 1.56. The van der Waals surface area contributed by atoms with Gasteiger partial charge in [0.25, 0.3) is 0 Å². The van der Waals surface area contributed by atoms with Crippen molar-refractivity contribution in [2.45, 2.75) is 6.92 Å². The van der Waals surface area contributed by atoms with Crippen molar-refractivity contribution in [1.29, 1.82) is 0 Å². The fourth-order valence-corrected chi connectivity index (χ4v) is 2.06. The van der Waals surface area contributed by atoms with E-state index in [9.17, 15) is 9.59 Å². The molecule has 106 valence electrons. The Morgan fingerprint density at radius 3 is 2.81 bits per heavy atom. The van der Waals surface area contributed by atoms with Crippen molar-refractivity contribution in [3.63, 3.8) is 0 Å². The Hall–Kier alpha value is -2.82. The molecule has 0 aliphatic carbocycles. The summed E-state index contributed by atoms with van der Waals surface area (Å²) in [6, 6.07) is 9.79. The monoisotopic (exact) mass is 284 g/mol. The van der Waals surface area contributed by atoms with Gasteiger partial charge in [0.05, 0.1) is 18.3 Å². The van der Waals surface area contributed by atoms with E-state index >= 15 is 0 Å². The topological polar surface area (TPSA) is 69.7 Å². The number of furan rings is 1. The molecule has 2 aromatic heterocycles. The number of rotatable bonds is 3. The number of carbonyl (C=O) groups excluding carboxylic acids is 1. The van der Waals surface area contributed by atoms with Crippen LogP contribution in [-0.4, -0.2) is 12.6 Å². The first kappa shape index (κ1) is 13.2. The van der Waals surface area contributed by atoms with Crippen LogP contribution in [0, 0.1) is 0 Å². The lowest BCUT2D eigenvalue weighted by Gasteiger charge is -2.04. The second-order valence-corrected chi connectivity index (χ2v) is 4.38. The summed E-state index contributed by atoms with van der Waals surface area (Å²) >= 11 is 0. The fraction of sp³-hybridized carbons (Fsp3) is 0.125. The van der Waals surface area contributed by atoms with Crippen LogP contribution in [0.4, 0.5) is 0 Å². The number of ether oxygens (including phenoxy) is 1. The van der Waals surface area contributed by atoms with Crippen molar-refractivity contribution < 1.29 is 18.4 Å². The van der Waals surface area contributed by atoms with Gasteiger partial charge in [0.2, 0.25) is 5.76 Å². The van der Waals surface area contributed by atoms with E-state index < -0.39 is 5.97 Å². The summed E-state index contributed by atoms with van der Waals surface area (Å²) in [5.41, 5.74) is 0.803. The number of esters is 1. The van der Waals surface area contributed by atoms with Crippen LogP contribution >= 0.6 is 0 Å². The Morgan fingerprint density at radius 2 is 2.10 bits per heavy atom. The number of hydrogen-bond acceptors (Lipinski definition) is 5. The van der Waals surface area contributed by atoms with Crippen LogP contribution in [0.3, 0.4) is 0 Å². The first-order chi connectivity index (χ1) is 10.2. The number of hydrogen-bond donors (Lipinski definition) is 0. The van der Waals surface area contributed by atoms with Crippen molar-refractivity contribution in [2.75, 3.05) is 6.61 Å². The molecule has 0 saturated heterocycles. The van der Waals surface area contributed by atoms with Crippen LogP contribution in [0.1, 0.15) is 17.5 Å². The van der Waals surface area contributed by atoms with Gasteiger partial charge >= 0.3 is 5.97 Å². The minimum absolute atomic E-state index is 0.0971. The van der Waals surface area contributed by atoms with Crippen LogP contribution in [0.15, 0.2) is 56.3 Å². The Bertz CT molecular complexity index is 843. The van der Waals surface area contributed by atoms with Gasteiger partial charge in [-0.05, 0) is 37.3 Å². The molecule has 1 aromatic carbocycles. The zero-order chi connectivity index (χ0) is 14.8. The van der Waals surface area contributed by atoms with E-state index in [0.717, 1.165) is 11.6 Å². The van der Waals surface area contributed by atoms with E-state index in [0.29, 0.717) is 16.7 Å². The Balaban J connectivity index is 2.12. The first-order valence-electron chi connectivity index (χ1n) is 6.48. The molecule has 0 spiro atoms. The Morgan fingerprint density at radius 1 is 1.24 bits per heavy atom. The van der Waals surface area contributed by atoms with Crippen molar-refractivity contribution in [2.24, 2.45) is 0 Å². The molecule has 5 heteroatoms. The molecule has 0 bridgehead atoms. The first-order valence-corrected chi connectivity index (χ1v) is 6.48. The predicted molar refractivity (Wildman–Crippen MR) is 76.1 cm³/mol. The maximum atomic E-state index is 12.1. The third-order valence-corrected chi connectivity index (χ3v) is 3.01. The highest BCUT2D eigenvalue weighted by molar-refractivity contribution is 5.89. The predicted octanol–water partition coefficient (Wildman–Crippen LogP) is 3.23. The quantitative estimate of drug-likeness (QED) is 0.690. The number of carbonyl (C=O) groups is 1. The Labute approximate surface area is 119 Å². The van der Waals surface area contributed by atoms with E-state index in [1.54, 1.807) is 43.5 Å². The van der Waals surface area contributed by atoms with E-state index in [1.807, 2.05) is 0 Å². The highest BCUT2D eigenvalue weighted by atomic mass is 16.5. The summed E-state index contributed by atoms with van der Waals surface area (Å²) in [5, 5.41) is 0.386. The van der Waals surface area contributed by atoms with Gasteiger partial charge in [0.1, 0.15) is 11.3 Å². The van der Waals surface area contributed by atoms with Gasteiger partial charge in [0.15, 0.2) is 5.43 Å². The van der Waals surface area contributed by atoms with Crippen LogP contribution in [0.5, 0.6) is 0 Å². The molecule has 0 atom stereocenters. The summed E-state index contributed by atoms with van der Waals surface area (Å²) in [4.78, 5) is 23.8. The molecular formula is C16H12O5. The molecule has 3 aromatic rings. The summed E-state index contributed by atoms with van der Waals surface area (Å²) < 4.78 is 15.5. The smallest absolute Gasteiger partial charge is 0.374 e. The molecule has 3 rings (SSSR count). The molecule has 0 N–H and O–H groups in total. The maximum absolute atomic E-state index is 12.1. The molecular weight excluding hydrogens is 272 g/mol. The molecule has 2 heterocycles. The van der Waals surface area contributed by atoms with Gasteiger partial charge in [-0.15, -0.1) is 0 Å². The summed E-state index contributed by atoms with van der Waals surface area (Å²) in [7, 11) is 0. The molecule has 0 fully saturated rings. The van der Waals surface area contributed by atoms with E-state index in [-0.39, 0.29) is 17.8 Å². The molecule has 0 amide bonds. The molecule has 0 unspecified atom stereocenters. The third-order valence-electron chi connectivity index (χ3n) is 3.01.